The zero-order chi connectivity index (χ0) is 19.1. The van der Waals surface area contributed by atoms with Crippen molar-refractivity contribution >= 4 is 28.9 Å². The predicted octanol–water partition coefficient (Wildman–Crippen LogP) is 3.12. The van der Waals surface area contributed by atoms with E-state index in [0.29, 0.717) is 17.1 Å². The molecule has 132 valence electrons. The second-order valence-corrected chi connectivity index (χ2v) is 5.53. The minimum Gasteiger partial charge on any atom is -0.508 e. The Kier molecular flexibility index (Phi) is 5.96. The summed E-state index contributed by atoms with van der Waals surface area (Å²) in [4.78, 5) is 23.2. The van der Waals surface area contributed by atoms with Gasteiger partial charge in [0.1, 0.15) is 17.4 Å². The van der Waals surface area contributed by atoms with Gasteiger partial charge in [-0.1, -0.05) is 0 Å². The maximum absolute atomic E-state index is 12.2. The fourth-order valence-electron chi connectivity index (χ4n) is 2.15. The van der Waals surface area contributed by atoms with Gasteiger partial charge in [0.2, 0.25) is 5.91 Å². The number of benzene rings is 2. The van der Waals surface area contributed by atoms with E-state index in [1.165, 1.54) is 19.2 Å². The Hall–Kier alpha value is -3.79. The van der Waals surface area contributed by atoms with E-state index in [1.807, 2.05) is 6.07 Å². The summed E-state index contributed by atoms with van der Waals surface area (Å²) in [5.41, 5.74) is 2.43. The predicted molar refractivity (Wildman–Crippen MR) is 99.5 cm³/mol. The number of aromatic hydroxyl groups is 1. The molecule has 0 bridgehead atoms. The first-order valence-electron chi connectivity index (χ1n) is 7.74. The summed E-state index contributed by atoms with van der Waals surface area (Å²) in [6.07, 6.45) is 1.31. The summed E-state index contributed by atoms with van der Waals surface area (Å²) in [7, 11) is 0. The molecule has 2 aromatic rings. The van der Waals surface area contributed by atoms with Crippen LogP contribution in [0.1, 0.15) is 12.5 Å². The number of phenolic OH excluding ortho intramolecular Hbond substituents is 1. The summed E-state index contributed by atoms with van der Waals surface area (Å²) >= 11 is 0. The van der Waals surface area contributed by atoms with Gasteiger partial charge in [-0.05, 0) is 55.0 Å². The van der Waals surface area contributed by atoms with Crippen LogP contribution in [-0.4, -0.2) is 16.9 Å². The third kappa shape index (κ3) is 5.11. The molecule has 0 radical (unpaired) electrons. The quantitative estimate of drug-likeness (QED) is 0.376. The SMILES string of the molecule is CC(=O)Nc1ccc(NC(=O)/C(C#N)=C\Nc2ccc(O)cc2C)cc1. The first-order valence-corrected chi connectivity index (χ1v) is 7.74. The van der Waals surface area contributed by atoms with Gasteiger partial charge < -0.3 is 21.1 Å². The Bertz CT molecular complexity index is 896. The molecule has 7 heteroatoms. The van der Waals surface area contributed by atoms with Crippen LogP contribution in [0.25, 0.3) is 0 Å². The lowest BCUT2D eigenvalue weighted by Crippen LogP contribution is -2.14. The second-order valence-electron chi connectivity index (χ2n) is 5.53. The van der Waals surface area contributed by atoms with Crippen LogP contribution in [0.15, 0.2) is 54.2 Å². The molecular weight excluding hydrogens is 332 g/mol. The van der Waals surface area contributed by atoms with Crippen molar-refractivity contribution in [1.29, 1.82) is 5.26 Å². The smallest absolute Gasteiger partial charge is 0.267 e. The number of carbonyl (C=O) groups excluding carboxylic acids is 2. The molecule has 0 heterocycles. The van der Waals surface area contributed by atoms with Gasteiger partial charge >= 0.3 is 0 Å². The third-order valence-electron chi connectivity index (χ3n) is 3.41. The Balaban J connectivity index is 2.06. The van der Waals surface area contributed by atoms with E-state index in [2.05, 4.69) is 16.0 Å². The van der Waals surface area contributed by atoms with Crippen molar-refractivity contribution in [3.63, 3.8) is 0 Å². The average Bonchev–Trinajstić information content (AvgIpc) is 2.58. The zero-order valence-corrected chi connectivity index (χ0v) is 14.3. The number of nitrogens with zero attached hydrogens (tertiary/aromatic N) is 1. The van der Waals surface area contributed by atoms with Gasteiger partial charge in [0.15, 0.2) is 0 Å². The number of amides is 2. The number of anilines is 3. The Morgan fingerprint density at radius 1 is 1.08 bits per heavy atom. The zero-order valence-electron chi connectivity index (χ0n) is 14.3. The molecule has 26 heavy (non-hydrogen) atoms. The first-order chi connectivity index (χ1) is 12.4. The monoisotopic (exact) mass is 350 g/mol. The van der Waals surface area contributed by atoms with Gasteiger partial charge in [0, 0.05) is 30.2 Å². The molecule has 2 amide bonds. The molecule has 7 nitrogen and oxygen atoms in total. The lowest BCUT2D eigenvalue weighted by atomic mass is 10.2. The van der Waals surface area contributed by atoms with Gasteiger partial charge in [-0.2, -0.15) is 5.26 Å². The number of nitrogens with one attached hydrogen (secondary N) is 3. The normalized spacial score (nSPS) is 10.6. The minimum atomic E-state index is -0.566. The van der Waals surface area contributed by atoms with Gasteiger partial charge in [0.25, 0.3) is 5.91 Å². The van der Waals surface area contributed by atoms with Gasteiger partial charge in [-0.25, -0.2) is 0 Å². The maximum atomic E-state index is 12.2. The van der Waals surface area contributed by atoms with E-state index >= 15 is 0 Å². The van der Waals surface area contributed by atoms with Crippen molar-refractivity contribution < 1.29 is 14.7 Å². The second kappa shape index (κ2) is 8.35. The molecule has 4 N–H and O–H groups in total. The van der Waals surface area contributed by atoms with Crippen LogP contribution in [0.2, 0.25) is 0 Å². The van der Waals surface area contributed by atoms with E-state index in [-0.39, 0.29) is 17.2 Å². The van der Waals surface area contributed by atoms with Crippen molar-refractivity contribution in [2.24, 2.45) is 0 Å². The molecule has 0 fully saturated rings. The number of hydrogen-bond acceptors (Lipinski definition) is 5. The summed E-state index contributed by atoms with van der Waals surface area (Å²) in [5, 5.41) is 26.7. The molecule has 0 atom stereocenters. The third-order valence-corrected chi connectivity index (χ3v) is 3.41. The number of carbonyl (C=O) groups is 2. The maximum Gasteiger partial charge on any atom is 0.267 e. The molecule has 0 aliphatic rings. The fourth-order valence-corrected chi connectivity index (χ4v) is 2.15. The van der Waals surface area contributed by atoms with Crippen molar-refractivity contribution in [3.05, 3.63) is 59.8 Å². The molecule has 0 aliphatic heterocycles. The summed E-state index contributed by atoms with van der Waals surface area (Å²) in [5.74, 6) is -0.617. The Labute approximate surface area is 151 Å². The van der Waals surface area contributed by atoms with Crippen LogP contribution in [0.4, 0.5) is 17.1 Å². The highest BCUT2D eigenvalue weighted by molar-refractivity contribution is 6.06. The van der Waals surface area contributed by atoms with Crippen LogP contribution in [-0.2, 0) is 9.59 Å². The van der Waals surface area contributed by atoms with Crippen LogP contribution in [0.3, 0.4) is 0 Å². The van der Waals surface area contributed by atoms with Gasteiger partial charge in [-0.15, -0.1) is 0 Å². The summed E-state index contributed by atoms with van der Waals surface area (Å²) < 4.78 is 0. The number of rotatable bonds is 5. The molecule has 0 saturated carbocycles. The van der Waals surface area contributed by atoms with Crippen molar-refractivity contribution in [2.45, 2.75) is 13.8 Å². The van der Waals surface area contributed by atoms with Gasteiger partial charge in [0.05, 0.1) is 0 Å². The van der Waals surface area contributed by atoms with E-state index < -0.39 is 5.91 Å². The van der Waals surface area contributed by atoms with Crippen LogP contribution < -0.4 is 16.0 Å². The van der Waals surface area contributed by atoms with Crippen molar-refractivity contribution in [3.8, 4) is 11.8 Å². The molecular formula is C19H18N4O3. The first kappa shape index (κ1) is 18.5. The van der Waals surface area contributed by atoms with E-state index in [4.69, 9.17) is 0 Å². The van der Waals surface area contributed by atoms with E-state index in [9.17, 15) is 20.0 Å². The summed E-state index contributed by atoms with van der Waals surface area (Å²) in [6.45, 7) is 3.20. The highest BCUT2D eigenvalue weighted by Gasteiger charge is 2.10. The molecule has 2 rings (SSSR count). The average molecular weight is 350 g/mol. The fraction of sp³-hybridized carbons (Fsp3) is 0.105. The minimum absolute atomic E-state index is 0.108. The largest absolute Gasteiger partial charge is 0.508 e. The lowest BCUT2D eigenvalue weighted by Gasteiger charge is -2.08. The molecule has 0 spiro atoms. The van der Waals surface area contributed by atoms with Crippen LogP contribution >= 0.6 is 0 Å². The Morgan fingerprint density at radius 3 is 2.23 bits per heavy atom. The molecule has 0 aromatic heterocycles. The van der Waals surface area contributed by atoms with E-state index in [0.717, 1.165) is 5.56 Å². The Morgan fingerprint density at radius 2 is 1.69 bits per heavy atom. The number of phenols is 1. The lowest BCUT2D eigenvalue weighted by molar-refractivity contribution is -0.114. The topological polar surface area (TPSA) is 114 Å². The number of aryl methyl sites for hydroxylation is 1. The molecule has 0 unspecified atom stereocenters. The molecule has 2 aromatic carbocycles. The number of nitriles is 1. The molecule has 0 aliphatic carbocycles. The number of hydrogen-bond donors (Lipinski definition) is 4. The van der Waals surface area contributed by atoms with Crippen molar-refractivity contribution in [1.82, 2.24) is 0 Å². The van der Waals surface area contributed by atoms with Crippen LogP contribution in [0, 0.1) is 18.3 Å². The van der Waals surface area contributed by atoms with Crippen LogP contribution in [0.5, 0.6) is 5.75 Å². The highest BCUT2D eigenvalue weighted by atomic mass is 16.3. The van der Waals surface area contributed by atoms with Gasteiger partial charge in [-0.3, -0.25) is 9.59 Å². The van der Waals surface area contributed by atoms with E-state index in [1.54, 1.807) is 43.3 Å². The standard InChI is InChI=1S/C19H18N4O3/c1-12-9-17(25)7-8-18(12)21-11-14(10-20)19(26)23-16-5-3-15(4-6-16)22-13(2)24/h3-9,11,21,25H,1-2H3,(H,22,24)(H,23,26)/b14-11-. The summed E-state index contributed by atoms with van der Waals surface area (Å²) in [6, 6.07) is 13.1. The molecule has 0 saturated heterocycles. The van der Waals surface area contributed by atoms with Crippen molar-refractivity contribution in [2.75, 3.05) is 16.0 Å². The highest BCUT2D eigenvalue weighted by Crippen LogP contribution is 2.20.